The number of carbonyl (C=O) groups is 1. The van der Waals surface area contributed by atoms with Crippen LogP contribution in [0.15, 0.2) is 65.1 Å². The van der Waals surface area contributed by atoms with Gasteiger partial charge in [-0.15, -0.1) is 0 Å². The van der Waals surface area contributed by atoms with Crippen LogP contribution in [0.25, 0.3) is 22.6 Å². The van der Waals surface area contributed by atoms with Crippen LogP contribution in [-0.4, -0.2) is 25.0 Å². The molecule has 3 aromatic carbocycles. The zero-order chi connectivity index (χ0) is 19.7. The molecule has 0 aliphatic heterocycles. The summed E-state index contributed by atoms with van der Waals surface area (Å²) in [5, 5.41) is 0. The molecule has 28 heavy (non-hydrogen) atoms. The van der Waals surface area contributed by atoms with Crippen molar-refractivity contribution in [2.24, 2.45) is 0 Å². The van der Waals surface area contributed by atoms with Gasteiger partial charge in [0.25, 0.3) is 0 Å². The molecule has 0 aliphatic rings. The highest BCUT2D eigenvalue weighted by Gasteiger charge is 2.20. The zero-order valence-corrected chi connectivity index (χ0v) is 15.9. The van der Waals surface area contributed by atoms with Crippen molar-refractivity contribution in [3.05, 3.63) is 77.4 Å². The maximum absolute atomic E-state index is 13.3. The van der Waals surface area contributed by atoms with Crippen molar-refractivity contribution >= 4 is 16.9 Å². The van der Waals surface area contributed by atoms with Crippen molar-refractivity contribution in [1.82, 2.24) is 4.98 Å². The largest absolute Gasteiger partial charge is 0.493 e. The number of aryl methyl sites for hydroxylation is 1. The van der Waals surface area contributed by atoms with Crippen LogP contribution in [-0.2, 0) is 0 Å². The monoisotopic (exact) mass is 373 g/mol. The molecule has 0 N–H and O–H groups in total. The van der Waals surface area contributed by atoms with E-state index < -0.39 is 0 Å². The lowest BCUT2D eigenvalue weighted by molar-refractivity contribution is 0.103. The molecule has 1 heterocycles. The first-order valence-electron chi connectivity index (χ1n) is 8.84. The molecule has 0 bridgehead atoms. The Balaban J connectivity index is 1.83. The number of oxazole rings is 1. The number of ketones is 1. The summed E-state index contributed by atoms with van der Waals surface area (Å²) in [4.78, 5) is 17.8. The van der Waals surface area contributed by atoms with Crippen molar-refractivity contribution < 1.29 is 18.7 Å². The van der Waals surface area contributed by atoms with Crippen LogP contribution in [0.3, 0.4) is 0 Å². The predicted molar refractivity (Wildman–Crippen MR) is 107 cm³/mol. The molecule has 5 nitrogen and oxygen atoms in total. The minimum atomic E-state index is -0.141. The second kappa shape index (κ2) is 7.19. The third-order valence-electron chi connectivity index (χ3n) is 4.59. The first kappa shape index (κ1) is 17.8. The Bertz CT molecular complexity index is 1140. The van der Waals surface area contributed by atoms with Crippen molar-refractivity contribution in [2.45, 2.75) is 6.92 Å². The number of aromatic nitrogens is 1. The molecule has 4 rings (SSSR count). The van der Waals surface area contributed by atoms with Crippen molar-refractivity contribution in [1.29, 1.82) is 0 Å². The first-order valence-corrected chi connectivity index (χ1v) is 8.84. The summed E-state index contributed by atoms with van der Waals surface area (Å²) in [6, 6.07) is 18.3. The number of benzene rings is 3. The summed E-state index contributed by atoms with van der Waals surface area (Å²) in [6.45, 7) is 1.97. The zero-order valence-electron chi connectivity index (χ0n) is 15.9. The fraction of sp³-hybridized carbons (Fsp3) is 0.130. The molecule has 0 saturated heterocycles. The molecule has 0 amide bonds. The van der Waals surface area contributed by atoms with Gasteiger partial charge in [0.1, 0.15) is 5.52 Å². The number of hydrogen-bond acceptors (Lipinski definition) is 5. The van der Waals surface area contributed by atoms with Crippen molar-refractivity contribution in [3.8, 4) is 23.0 Å². The minimum absolute atomic E-state index is 0.141. The van der Waals surface area contributed by atoms with E-state index in [1.54, 1.807) is 38.5 Å². The Labute approximate surface area is 162 Å². The molecule has 0 atom stereocenters. The number of methoxy groups -OCH3 is 2. The summed E-state index contributed by atoms with van der Waals surface area (Å²) in [5.41, 5.74) is 4.13. The molecule has 0 aliphatic carbocycles. The molecule has 1 aromatic heterocycles. The summed E-state index contributed by atoms with van der Waals surface area (Å²) in [7, 11) is 3.10. The Morgan fingerprint density at radius 3 is 2.46 bits per heavy atom. The molecular weight excluding hydrogens is 354 g/mol. The Kier molecular flexibility index (Phi) is 4.57. The fourth-order valence-electron chi connectivity index (χ4n) is 3.15. The van der Waals surface area contributed by atoms with Crippen LogP contribution in [0, 0.1) is 6.92 Å². The van der Waals surface area contributed by atoms with E-state index in [-0.39, 0.29) is 5.78 Å². The van der Waals surface area contributed by atoms with Crippen LogP contribution < -0.4 is 9.47 Å². The Hall–Kier alpha value is -3.60. The molecular formula is C23H19NO4. The van der Waals surface area contributed by atoms with Gasteiger partial charge in [0, 0.05) is 16.7 Å². The van der Waals surface area contributed by atoms with E-state index in [9.17, 15) is 4.79 Å². The van der Waals surface area contributed by atoms with E-state index in [0.29, 0.717) is 39.7 Å². The van der Waals surface area contributed by atoms with Gasteiger partial charge in [-0.05, 0) is 49.4 Å². The summed E-state index contributed by atoms with van der Waals surface area (Å²) in [6.07, 6.45) is 0. The maximum atomic E-state index is 13.3. The highest BCUT2D eigenvalue weighted by atomic mass is 16.5. The maximum Gasteiger partial charge on any atom is 0.228 e. The highest BCUT2D eigenvalue weighted by molar-refractivity contribution is 6.13. The smallest absolute Gasteiger partial charge is 0.228 e. The van der Waals surface area contributed by atoms with E-state index in [4.69, 9.17) is 13.9 Å². The lowest BCUT2D eigenvalue weighted by Gasteiger charge is -2.11. The number of hydrogen-bond donors (Lipinski definition) is 0. The number of carbonyl (C=O) groups excluding carboxylic acids is 1. The lowest BCUT2D eigenvalue weighted by Crippen LogP contribution is -2.05. The molecule has 0 fully saturated rings. The molecule has 140 valence electrons. The van der Waals surface area contributed by atoms with Gasteiger partial charge in [0.2, 0.25) is 5.89 Å². The SMILES string of the molecule is COc1ccc(C(=O)c2ccc(C)cc2-c2nc3ccccc3o2)cc1OC. The average Bonchev–Trinajstić information content (AvgIpc) is 3.17. The highest BCUT2D eigenvalue weighted by Crippen LogP contribution is 2.32. The van der Waals surface area contributed by atoms with Crippen LogP contribution in [0.2, 0.25) is 0 Å². The molecule has 4 aromatic rings. The van der Waals surface area contributed by atoms with Crippen LogP contribution in [0.1, 0.15) is 21.5 Å². The number of ether oxygens (including phenoxy) is 2. The molecule has 0 saturated carbocycles. The number of para-hydroxylation sites is 2. The van der Waals surface area contributed by atoms with E-state index in [1.165, 1.54) is 0 Å². The first-order chi connectivity index (χ1) is 13.6. The lowest BCUT2D eigenvalue weighted by atomic mass is 9.96. The van der Waals surface area contributed by atoms with Gasteiger partial charge in [0.05, 0.1) is 14.2 Å². The average molecular weight is 373 g/mol. The Morgan fingerprint density at radius 1 is 0.929 bits per heavy atom. The summed E-state index contributed by atoms with van der Waals surface area (Å²) >= 11 is 0. The molecule has 0 unspecified atom stereocenters. The Morgan fingerprint density at radius 2 is 1.71 bits per heavy atom. The second-order valence-electron chi connectivity index (χ2n) is 6.43. The van der Waals surface area contributed by atoms with Crippen LogP contribution >= 0.6 is 0 Å². The van der Waals surface area contributed by atoms with Gasteiger partial charge in [-0.25, -0.2) is 4.98 Å². The topological polar surface area (TPSA) is 61.6 Å². The quantitative estimate of drug-likeness (QED) is 0.458. The minimum Gasteiger partial charge on any atom is -0.493 e. The fourth-order valence-corrected chi connectivity index (χ4v) is 3.15. The summed E-state index contributed by atoms with van der Waals surface area (Å²) in [5.74, 6) is 1.36. The molecule has 0 radical (unpaired) electrons. The van der Waals surface area contributed by atoms with Crippen molar-refractivity contribution in [3.63, 3.8) is 0 Å². The molecule has 5 heteroatoms. The van der Waals surface area contributed by atoms with Gasteiger partial charge in [0.15, 0.2) is 22.9 Å². The second-order valence-corrected chi connectivity index (χ2v) is 6.43. The third kappa shape index (κ3) is 3.11. The predicted octanol–water partition coefficient (Wildman–Crippen LogP) is 5.05. The molecule has 0 spiro atoms. The number of fused-ring (bicyclic) bond motifs is 1. The van der Waals surface area contributed by atoms with Gasteiger partial charge in [-0.3, -0.25) is 4.79 Å². The van der Waals surface area contributed by atoms with Gasteiger partial charge >= 0.3 is 0 Å². The van der Waals surface area contributed by atoms with E-state index in [1.807, 2.05) is 43.3 Å². The van der Waals surface area contributed by atoms with Crippen LogP contribution in [0.4, 0.5) is 0 Å². The normalized spacial score (nSPS) is 10.8. The van der Waals surface area contributed by atoms with Gasteiger partial charge < -0.3 is 13.9 Å². The van der Waals surface area contributed by atoms with E-state index in [0.717, 1.165) is 11.1 Å². The van der Waals surface area contributed by atoms with Crippen LogP contribution in [0.5, 0.6) is 11.5 Å². The van der Waals surface area contributed by atoms with E-state index in [2.05, 4.69) is 4.98 Å². The van der Waals surface area contributed by atoms with Gasteiger partial charge in [-0.2, -0.15) is 0 Å². The third-order valence-corrected chi connectivity index (χ3v) is 4.59. The van der Waals surface area contributed by atoms with Crippen molar-refractivity contribution in [2.75, 3.05) is 14.2 Å². The standard InChI is InChI=1S/C23H19NO4/c1-14-8-10-16(22(25)15-9-11-20(26-2)21(13-15)27-3)17(12-14)23-24-18-6-4-5-7-19(18)28-23/h4-13H,1-3H3. The number of nitrogens with zero attached hydrogens (tertiary/aromatic N) is 1. The number of rotatable bonds is 5. The summed E-state index contributed by atoms with van der Waals surface area (Å²) < 4.78 is 16.5. The van der Waals surface area contributed by atoms with E-state index >= 15 is 0 Å². The van der Waals surface area contributed by atoms with Gasteiger partial charge in [-0.1, -0.05) is 23.8 Å².